The van der Waals surface area contributed by atoms with Crippen LogP contribution in [0, 0.1) is 5.92 Å². The topological polar surface area (TPSA) is 47.3 Å². The lowest BCUT2D eigenvalue weighted by atomic mass is 9.93. The van der Waals surface area contributed by atoms with Crippen LogP contribution >= 0.6 is 0 Å². The van der Waals surface area contributed by atoms with E-state index in [9.17, 15) is 0 Å². The van der Waals surface area contributed by atoms with Crippen molar-refractivity contribution in [2.75, 3.05) is 0 Å². The number of nitrogens with two attached hydrogens (primary N) is 1. The smallest absolute Gasteiger partial charge is 0.120 e. The van der Waals surface area contributed by atoms with Crippen LogP contribution in [0.5, 0.6) is 5.75 Å². The molecule has 0 aliphatic heterocycles. The molecule has 0 spiro atoms. The first-order valence-corrected chi connectivity index (χ1v) is 6.47. The Morgan fingerprint density at radius 1 is 1.47 bits per heavy atom. The highest BCUT2D eigenvalue weighted by Crippen LogP contribution is 2.30. The molecule has 3 nitrogen and oxygen atoms in total. The zero-order valence-electron chi connectivity index (χ0n) is 10.6. The molecule has 0 amide bonds. The first kappa shape index (κ1) is 12.4. The number of rotatable bonds is 6. The Bertz CT molecular complexity index is 363. The van der Waals surface area contributed by atoms with E-state index >= 15 is 0 Å². The summed E-state index contributed by atoms with van der Waals surface area (Å²) in [6.45, 7) is 4.39. The molecular formula is C14H22N2O. The van der Waals surface area contributed by atoms with Gasteiger partial charge in [0.15, 0.2) is 0 Å². The molecule has 3 heteroatoms. The second-order valence-corrected chi connectivity index (χ2v) is 4.92. The van der Waals surface area contributed by atoms with E-state index in [0.717, 1.165) is 12.2 Å². The highest BCUT2D eigenvalue weighted by Gasteiger charge is 2.24. The molecule has 2 atom stereocenters. The zero-order valence-corrected chi connectivity index (χ0v) is 10.6. The summed E-state index contributed by atoms with van der Waals surface area (Å²) in [5.41, 5.74) is 4.12. The molecule has 0 saturated heterocycles. The van der Waals surface area contributed by atoms with Gasteiger partial charge >= 0.3 is 0 Å². The van der Waals surface area contributed by atoms with E-state index in [1.807, 2.05) is 12.1 Å². The normalized spacial score (nSPS) is 18.8. The fraction of sp³-hybridized carbons (Fsp3) is 0.571. The Balaban J connectivity index is 2.11. The van der Waals surface area contributed by atoms with E-state index in [1.165, 1.54) is 18.4 Å². The molecule has 94 valence electrons. The van der Waals surface area contributed by atoms with Gasteiger partial charge in [-0.2, -0.15) is 0 Å². The lowest BCUT2D eigenvalue weighted by Crippen LogP contribution is -2.32. The second-order valence-electron chi connectivity index (χ2n) is 4.92. The molecular weight excluding hydrogens is 212 g/mol. The number of ether oxygens (including phenoxy) is 1. The Kier molecular flexibility index (Phi) is 4.02. The van der Waals surface area contributed by atoms with Crippen molar-refractivity contribution in [2.24, 2.45) is 11.8 Å². The van der Waals surface area contributed by atoms with Crippen molar-refractivity contribution < 1.29 is 4.74 Å². The number of hydrogen-bond acceptors (Lipinski definition) is 3. The van der Waals surface area contributed by atoms with Crippen LogP contribution in [0.4, 0.5) is 0 Å². The van der Waals surface area contributed by atoms with Crippen LogP contribution in [0.3, 0.4) is 0 Å². The minimum atomic E-state index is 0.197. The SMILES string of the molecule is CCC(C)C(NN)c1cccc(OC2CC2)c1. The lowest BCUT2D eigenvalue weighted by molar-refractivity contribution is 0.301. The standard InChI is InChI=1S/C14H22N2O/c1-3-10(2)14(16-15)11-5-4-6-13(9-11)17-12-7-8-12/h4-6,9-10,12,14,16H,3,7-8,15H2,1-2H3. The quantitative estimate of drug-likeness (QED) is 0.587. The van der Waals surface area contributed by atoms with Gasteiger partial charge < -0.3 is 4.74 Å². The molecule has 1 aliphatic rings. The molecule has 2 rings (SSSR count). The first-order valence-electron chi connectivity index (χ1n) is 6.47. The van der Waals surface area contributed by atoms with Crippen molar-refractivity contribution in [2.45, 2.75) is 45.3 Å². The van der Waals surface area contributed by atoms with E-state index < -0.39 is 0 Å². The third kappa shape index (κ3) is 3.20. The Hall–Kier alpha value is -1.06. The summed E-state index contributed by atoms with van der Waals surface area (Å²) in [6, 6.07) is 8.47. The average molecular weight is 234 g/mol. The van der Waals surface area contributed by atoms with Crippen molar-refractivity contribution in [1.82, 2.24) is 5.43 Å². The lowest BCUT2D eigenvalue weighted by Gasteiger charge is -2.23. The summed E-state index contributed by atoms with van der Waals surface area (Å²) in [7, 11) is 0. The van der Waals surface area contributed by atoms with E-state index in [1.54, 1.807) is 0 Å². The van der Waals surface area contributed by atoms with Crippen molar-refractivity contribution in [3.05, 3.63) is 29.8 Å². The van der Waals surface area contributed by atoms with Gasteiger partial charge in [0.05, 0.1) is 6.10 Å². The van der Waals surface area contributed by atoms with Gasteiger partial charge in [-0.3, -0.25) is 11.3 Å². The Morgan fingerprint density at radius 3 is 2.82 bits per heavy atom. The van der Waals surface area contributed by atoms with Crippen molar-refractivity contribution in [3.8, 4) is 5.75 Å². The van der Waals surface area contributed by atoms with Crippen LogP contribution in [0.25, 0.3) is 0 Å². The maximum Gasteiger partial charge on any atom is 0.120 e. The molecule has 0 heterocycles. The molecule has 1 aromatic carbocycles. The summed E-state index contributed by atoms with van der Waals surface area (Å²) in [4.78, 5) is 0. The Morgan fingerprint density at radius 2 is 2.24 bits per heavy atom. The van der Waals surface area contributed by atoms with E-state index in [0.29, 0.717) is 12.0 Å². The minimum absolute atomic E-state index is 0.197. The van der Waals surface area contributed by atoms with Gasteiger partial charge in [0.2, 0.25) is 0 Å². The monoisotopic (exact) mass is 234 g/mol. The van der Waals surface area contributed by atoms with E-state index in [-0.39, 0.29) is 6.04 Å². The molecule has 0 aromatic heterocycles. The fourth-order valence-electron chi connectivity index (χ4n) is 1.98. The Labute approximate surface area is 103 Å². The van der Waals surface area contributed by atoms with Crippen LogP contribution in [0.2, 0.25) is 0 Å². The number of benzene rings is 1. The maximum absolute atomic E-state index is 5.81. The average Bonchev–Trinajstić information content (AvgIpc) is 3.14. The summed E-state index contributed by atoms with van der Waals surface area (Å²) >= 11 is 0. The highest BCUT2D eigenvalue weighted by molar-refractivity contribution is 5.31. The zero-order chi connectivity index (χ0) is 12.3. The first-order chi connectivity index (χ1) is 8.24. The summed E-state index contributed by atoms with van der Waals surface area (Å²) < 4.78 is 5.81. The molecule has 1 fully saturated rings. The summed E-state index contributed by atoms with van der Waals surface area (Å²) in [5.74, 6) is 7.13. The molecule has 17 heavy (non-hydrogen) atoms. The molecule has 1 saturated carbocycles. The third-order valence-electron chi connectivity index (χ3n) is 3.44. The van der Waals surface area contributed by atoms with Crippen molar-refractivity contribution in [3.63, 3.8) is 0 Å². The number of hydrogen-bond donors (Lipinski definition) is 2. The molecule has 1 aromatic rings. The van der Waals surface area contributed by atoms with Crippen molar-refractivity contribution in [1.29, 1.82) is 0 Å². The van der Waals surface area contributed by atoms with E-state index in [2.05, 4.69) is 31.4 Å². The number of hydrazine groups is 1. The van der Waals surface area contributed by atoms with Gasteiger partial charge in [-0.25, -0.2) is 0 Å². The van der Waals surface area contributed by atoms with E-state index in [4.69, 9.17) is 10.6 Å². The fourth-order valence-corrected chi connectivity index (χ4v) is 1.98. The van der Waals surface area contributed by atoms with Crippen molar-refractivity contribution >= 4 is 0 Å². The minimum Gasteiger partial charge on any atom is -0.490 e. The van der Waals surface area contributed by atoms with Gasteiger partial charge in [-0.15, -0.1) is 0 Å². The molecule has 2 unspecified atom stereocenters. The van der Waals surface area contributed by atoms with Crippen LogP contribution in [0.1, 0.15) is 44.7 Å². The van der Waals surface area contributed by atoms with Crippen LogP contribution in [0.15, 0.2) is 24.3 Å². The van der Waals surface area contributed by atoms with Gasteiger partial charge in [0.1, 0.15) is 5.75 Å². The van der Waals surface area contributed by atoms with Gasteiger partial charge in [-0.1, -0.05) is 32.4 Å². The van der Waals surface area contributed by atoms with Crippen LogP contribution in [-0.4, -0.2) is 6.10 Å². The highest BCUT2D eigenvalue weighted by atomic mass is 16.5. The molecule has 1 aliphatic carbocycles. The maximum atomic E-state index is 5.81. The second kappa shape index (κ2) is 5.52. The predicted molar refractivity (Wildman–Crippen MR) is 69.6 cm³/mol. The summed E-state index contributed by atoms with van der Waals surface area (Å²) in [5, 5.41) is 0. The largest absolute Gasteiger partial charge is 0.490 e. The molecule has 0 bridgehead atoms. The third-order valence-corrected chi connectivity index (χ3v) is 3.44. The van der Waals surface area contributed by atoms with Crippen LogP contribution < -0.4 is 16.0 Å². The van der Waals surface area contributed by atoms with Crippen LogP contribution in [-0.2, 0) is 0 Å². The predicted octanol–water partition coefficient (Wildman–Crippen LogP) is 2.78. The molecule has 3 N–H and O–H groups in total. The van der Waals surface area contributed by atoms with Gasteiger partial charge in [0, 0.05) is 6.04 Å². The summed E-state index contributed by atoms with van der Waals surface area (Å²) in [6.07, 6.45) is 3.92. The van der Waals surface area contributed by atoms with Gasteiger partial charge in [0.25, 0.3) is 0 Å². The van der Waals surface area contributed by atoms with Gasteiger partial charge in [-0.05, 0) is 36.5 Å². The molecule has 0 radical (unpaired) electrons. The number of nitrogens with one attached hydrogen (secondary N) is 1.